The van der Waals surface area contributed by atoms with Crippen molar-refractivity contribution in [2.45, 2.75) is 49.9 Å². The molecule has 7 rings (SSSR count). The Bertz CT molecular complexity index is 1880. The smallest absolute Gasteiger partial charge is 0.281 e. The van der Waals surface area contributed by atoms with Gasteiger partial charge in [0.15, 0.2) is 5.69 Å². The van der Waals surface area contributed by atoms with Crippen LogP contribution in [0, 0.1) is 18.8 Å². The van der Waals surface area contributed by atoms with E-state index in [0.29, 0.717) is 40.3 Å². The van der Waals surface area contributed by atoms with E-state index in [4.69, 9.17) is 40.1 Å². The molecule has 3 atom stereocenters. The second-order valence-electron chi connectivity index (χ2n) is 12.4. The molecular formula is C30H30B3ClN8O2S. The van der Waals surface area contributed by atoms with Gasteiger partial charge in [-0.15, -0.1) is 0 Å². The van der Waals surface area contributed by atoms with Gasteiger partial charge in [0.25, 0.3) is 11.5 Å². The van der Waals surface area contributed by atoms with E-state index in [0.717, 1.165) is 42.8 Å². The number of anilines is 2. The summed E-state index contributed by atoms with van der Waals surface area (Å²) in [5.74, 6) is 1.42. The molecule has 15 heteroatoms. The molecular weight excluding hydrogens is 604 g/mol. The lowest BCUT2D eigenvalue weighted by Gasteiger charge is -2.26. The zero-order valence-corrected chi connectivity index (χ0v) is 26.8. The Kier molecular flexibility index (Phi) is 7.51. The molecule has 224 valence electrons. The van der Waals surface area contributed by atoms with Crippen LogP contribution in [0.3, 0.4) is 0 Å². The lowest BCUT2D eigenvalue weighted by Crippen LogP contribution is -2.35. The van der Waals surface area contributed by atoms with Crippen LogP contribution in [-0.2, 0) is 5.24 Å². The van der Waals surface area contributed by atoms with Gasteiger partial charge < -0.3 is 10.2 Å². The molecule has 1 saturated heterocycles. The summed E-state index contributed by atoms with van der Waals surface area (Å²) in [6.07, 6.45) is 5.40. The minimum absolute atomic E-state index is 0.0242. The summed E-state index contributed by atoms with van der Waals surface area (Å²) in [5.41, 5.74) is 4.09. The Morgan fingerprint density at radius 2 is 1.87 bits per heavy atom. The second kappa shape index (κ2) is 11.2. The van der Waals surface area contributed by atoms with Gasteiger partial charge in [-0.1, -0.05) is 29.6 Å². The first-order chi connectivity index (χ1) is 21.4. The number of hydrogen-bond acceptors (Lipinski definition) is 8. The van der Waals surface area contributed by atoms with Crippen molar-refractivity contribution >= 4 is 75.5 Å². The van der Waals surface area contributed by atoms with E-state index in [1.807, 2.05) is 36.6 Å². The first-order valence-electron chi connectivity index (χ1n) is 15.0. The maximum atomic E-state index is 14.1. The average Bonchev–Trinajstić information content (AvgIpc) is 3.83. The minimum Gasteiger partial charge on any atom is -0.377 e. The molecule has 1 aromatic carbocycles. The Morgan fingerprint density at radius 3 is 2.51 bits per heavy atom. The third-order valence-corrected chi connectivity index (χ3v) is 9.61. The number of nitrogens with zero attached hydrogens (tertiary/aromatic N) is 6. The van der Waals surface area contributed by atoms with Crippen molar-refractivity contribution in [1.82, 2.24) is 29.0 Å². The number of pyridine rings is 1. The highest BCUT2D eigenvalue weighted by molar-refractivity contribution is 7.97. The average molecular weight is 635 g/mol. The Morgan fingerprint density at radius 1 is 1.13 bits per heavy atom. The van der Waals surface area contributed by atoms with E-state index in [-0.39, 0.29) is 34.4 Å². The highest BCUT2D eigenvalue weighted by Crippen LogP contribution is 2.58. The summed E-state index contributed by atoms with van der Waals surface area (Å²) in [4.78, 5) is 38.7. The summed E-state index contributed by atoms with van der Waals surface area (Å²) in [5, 5.41) is 7.25. The molecule has 6 radical (unpaired) electrons. The van der Waals surface area contributed by atoms with Crippen LogP contribution < -0.4 is 20.5 Å². The van der Waals surface area contributed by atoms with Crippen molar-refractivity contribution in [2.75, 3.05) is 29.6 Å². The lowest BCUT2D eigenvalue weighted by atomic mass is 9.49. The predicted octanol–water partition coefficient (Wildman–Crippen LogP) is 3.39. The van der Waals surface area contributed by atoms with Gasteiger partial charge in [-0.2, -0.15) is 5.10 Å². The number of halogens is 1. The van der Waals surface area contributed by atoms with Gasteiger partial charge >= 0.3 is 0 Å². The molecule has 2 saturated carbocycles. The number of amides is 1. The van der Waals surface area contributed by atoms with Crippen LogP contribution in [0.2, 0.25) is 5.15 Å². The van der Waals surface area contributed by atoms with E-state index >= 15 is 0 Å². The Hall–Kier alpha value is -3.38. The number of aryl methyl sites for hydroxylation is 1. The fourth-order valence-corrected chi connectivity index (χ4v) is 7.15. The number of hydrogen-bond donors (Lipinski definition) is 2. The number of carbonyl (C=O) groups is 1. The number of nitrogens with one attached hydrogen (secondary N) is 2. The molecule has 3 aromatic heterocycles. The highest BCUT2D eigenvalue weighted by atomic mass is 35.5. The number of piperidine rings is 1. The van der Waals surface area contributed by atoms with E-state index in [1.54, 1.807) is 24.6 Å². The minimum atomic E-state index is -1.54. The zero-order valence-electron chi connectivity index (χ0n) is 25.2. The Labute approximate surface area is 274 Å². The molecule has 3 unspecified atom stereocenters. The zero-order chi connectivity index (χ0) is 31.8. The standard InChI is InChI=1S/C30H30B3ClN8O2S/c1-14-10-17(15(2)35-22-6-7-23(34)36-26(22)27(43)39-45-3)25-18(11-14)28(44)42(16-4-5-16)29(37-25)40-12-19-20(13-40)24(19)21-8-9-41(38-21)30(31,32)33/h6-11,15-16,19-20,24,35H,4-5,12-13H2,1-3H3,(H,39,43). The monoisotopic (exact) mass is 634 g/mol. The van der Waals surface area contributed by atoms with Crippen LogP contribution in [0.1, 0.15) is 65.1 Å². The summed E-state index contributed by atoms with van der Waals surface area (Å²) < 4.78 is 6.00. The van der Waals surface area contributed by atoms with Gasteiger partial charge in [-0.3, -0.25) is 23.6 Å². The molecule has 3 fully saturated rings. The molecule has 0 bridgehead atoms. The quantitative estimate of drug-likeness (QED) is 0.164. The fourth-order valence-electron chi connectivity index (χ4n) is 6.72. The molecule has 4 heterocycles. The number of rotatable bonds is 9. The molecule has 0 spiro atoms. The van der Waals surface area contributed by atoms with Crippen LogP contribution in [-0.4, -0.2) is 73.1 Å². The van der Waals surface area contributed by atoms with Gasteiger partial charge in [0.1, 0.15) is 5.15 Å². The van der Waals surface area contributed by atoms with Gasteiger partial charge in [0.2, 0.25) is 5.95 Å². The van der Waals surface area contributed by atoms with Gasteiger partial charge in [-0.25, -0.2) is 9.97 Å². The largest absolute Gasteiger partial charge is 0.377 e. The van der Waals surface area contributed by atoms with Gasteiger partial charge in [0.05, 0.1) is 51.9 Å². The van der Waals surface area contributed by atoms with Gasteiger partial charge in [-0.05, 0) is 73.6 Å². The van der Waals surface area contributed by atoms with Crippen LogP contribution in [0.5, 0.6) is 0 Å². The molecule has 10 nitrogen and oxygen atoms in total. The van der Waals surface area contributed by atoms with Crippen molar-refractivity contribution in [2.24, 2.45) is 11.8 Å². The van der Waals surface area contributed by atoms with E-state index < -0.39 is 5.24 Å². The third kappa shape index (κ3) is 5.54. The molecule has 1 aliphatic heterocycles. The summed E-state index contributed by atoms with van der Waals surface area (Å²) in [6, 6.07) is 9.12. The van der Waals surface area contributed by atoms with E-state index in [1.165, 1.54) is 16.6 Å². The van der Waals surface area contributed by atoms with Crippen molar-refractivity contribution in [3.63, 3.8) is 0 Å². The maximum Gasteiger partial charge on any atom is 0.281 e. The van der Waals surface area contributed by atoms with Crippen LogP contribution in [0.4, 0.5) is 11.6 Å². The van der Waals surface area contributed by atoms with Crippen LogP contribution >= 0.6 is 23.5 Å². The SMILES string of the molecule is [B]C([B])([B])n1ccc(C2C3CN(c4nc5c(C(C)Nc6ccc(Cl)nc6C(=O)NSC)cc(C)cc5c(=O)n4C4CC4)CC32)n1. The number of aromatic nitrogens is 5. The van der Waals surface area contributed by atoms with Crippen molar-refractivity contribution in [3.8, 4) is 0 Å². The van der Waals surface area contributed by atoms with Gasteiger partial charge in [0, 0.05) is 43.1 Å². The molecule has 45 heavy (non-hydrogen) atoms. The fraction of sp³-hybridized carbons (Fsp3) is 0.433. The summed E-state index contributed by atoms with van der Waals surface area (Å²) >= 11 is 7.32. The van der Waals surface area contributed by atoms with Crippen molar-refractivity contribution in [1.29, 1.82) is 0 Å². The topological polar surface area (TPSA) is 110 Å². The molecule has 3 aliphatic rings. The van der Waals surface area contributed by atoms with E-state index in [9.17, 15) is 9.59 Å². The molecule has 1 amide bonds. The third-order valence-electron chi connectivity index (χ3n) is 9.01. The second-order valence-corrected chi connectivity index (χ2v) is 13.4. The van der Waals surface area contributed by atoms with Crippen molar-refractivity contribution in [3.05, 3.63) is 74.6 Å². The van der Waals surface area contributed by atoms with Crippen molar-refractivity contribution < 1.29 is 4.79 Å². The van der Waals surface area contributed by atoms with E-state index in [2.05, 4.69) is 25.0 Å². The normalized spacial score (nSPS) is 21.5. The maximum absolute atomic E-state index is 14.1. The first kappa shape index (κ1) is 30.3. The number of fused-ring (bicyclic) bond motifs is 2. The number of benzene rings is 1. The number of carbonyl (C=O) groups excluding carboxylic acids is 1. The summed E-state index contributed by atoms with van der Waals surface area (Å²) in [7, 11) is 17.4. The Balaban J connectivity index is 1.22. The summed E-state index contributed by atoms with van der Waals surface area (Å²) in [6.45, 7) is 5.50. The molecule has 2 aliphatic carbocycles. The first-order valence-corrected chi connectivity index (χ1v) is 16.6. The highest BCUT2D eigenvalue weighted by Gasteiger charge is 2.58. The molecule has 4 aromatic rings. The van der Waals surface area contributed by atoms with Crippen LogP contribution in [0.15, 0.2) is 41.3 Å². The molecule has 2 N–H and O–H groups in total. The van der Waals surface area contributed by atoms with Crippen LogP contribution in [0.25, 0.3) is 10.9 Å². The lowest BCUT2D eigenvalue weighted by molar-refractivity contribution is 0.0980. The predicted molar refractivity (Wildman–Crippen MR) is 181 cm³/mol.